The van der Waals surface area contributed by atoms with Crippen LogP contribution in [0.3, 0.4) is 0 Å². The van der Waals surface area contributed by atoms with E-state index in [2.05, 4.69) is 28.7 Å². The number of nitriles is 1. The zero-order valence-corrected chi connectivity index (χ0v) is 18.3. The number of methoxy groups -OCH3 is 2. The van der Waals surface area contributed by atoms with Gasteiger partial charge >= 0.3 is 0 Å². The third-order valence-electron chi connectivity index (χ3n) is 4.31. The average Bonchev–Trinajstić information content (AvgIpc) is 2.77. The summed E-state index contributed by atoms with van der Waals surface area (Å²) < 4.78 is 17.7. The van der Waals surface area contributed by atoms with Crippen molar-refractivity contribution in [2.45, 2.75) is 6.61 Å². The summed E-state index contributed by atoms with van der Waals surface area (Å²) in [5.41, 5.74) is 3.33. The van der Waals surface area contributed by atoms with Gasteiger partial charge in [-0.25, -0.2) is 0 Å². The van der Waals surface area contributed by atoms with Crippen LogP contribution < -0.4 is 14.2 Å². The number of benzene rings is 3. The lowest BCUT2D eigenvalue weighted by Gasteiger charge is -2.14. The van der Waals surface area contributed by atoms with Crippen LogP contribution in [0, 0.1) is 14.9 Å². The normalized spacial score (nSPS) is 10.9. The van der Waals surface area contributed by atoms with Crippen LogP contribution in [0.2, 0.25) is 0 Å². The Morgan fingerprint density at radius 3 is 2.34 bits per heavy atom. The van der Waals surface area contributed by atoms with Crippen LogP contribution in [0.5, 0.6) is 17.2 Å². The molecule has 0 atom stereocenters. The van der Waals surface area contributed by atoms with Crippen molar-refractivity contribution in [1.29, 1.82) is 5.26 Å². The molecule has 0 radical (unpaired) electrons. The van der Waals surface area contributed by atoms with Crippen molar-refractivity contribution < 1.29 is 14.2 Å². The lowest BCUT2D eigenvalue weighted by Crippen LogP contribution is -2.00. The molecular formula is C24H20INO3. The van der Waals surface area contributed by atoms with Crippen LogP contribution in [-0.4, -0.2) is 14.2 Å². The zero-order chi connectivity index (χ0) is 20.6. The van der Waals surface area contributed by atoms with Crippen LogP contribution in [0.25, 0.3) is 11.6 Å². The minimum absolute atomic E-state index is 0.456. The van der Waals surface area contributed by atoms with Crippen molar-refractivity contribution in [2.24, 2.45) is 0 Å². The molecule has 0 aliphatic rings. The molecule has 3 rings (SSSR count). The fourth-order valence-corrected chi connectivity index (χ4v) is 3.59. The van der Waals surface area contributed by atoms with E-state index in [9.17, 15) is 5.26 Å². The second-order valence-corrected chi connectivity index (χ2v) is 7.37. The Hall–Kier alpha value is -2.98. The average molecular weight is 497 g/mol. The highest BCUT2D eigenvalue weighted by atomic mass is 127. The van der Waals surface area contributed by atoms with Gasteiger partial charge in [0.2, 0.25) is 0 Å². The van der Waals surface area contributed by atoms with E-state index in [1.807, 2.05) is 72.8 Å². The largest absolute Gasteiger partial charge is 0.497 e. The SMILES string of the molecule is COc1ccc(/C(C#N)=C/c2cc(I)c(OCc3ccccc3)c(OC)c2)cc1. The third-order valence-corrected chi connectivity index (χ3v) is 5.11. The Morgan fingerprint density at radius 1 is 1.00 bits per heavy atom. The molecule has 146 valence electrons. The topological polar surface area (TPSA) is 51.5 Å². The van der Waals surface area contributed by atoms with Crippen molar-refractivity contribution in [2.75, 3.05) is 14.2 Å². The molecule has 0 heterocycles. The van der Waals surface area contributed by atoms with Gasteiger partial charge in [0.15, 0.2) is 11.5 Å². The minimum atomic E-state index is 0.456. The van der Waals surface area contributed by atoms with Crippen LogP contribution in [0.1, 0.15) is 16.7 Å². The molecule has 0 spiro atoms. The Kier molecular flexibility index (Phi) is 7.14. The maximum atomic E-state index is 9.62. The summed E-state index contributed by atoms with van der Waals surface area (Å²) in [7, 11) is 3.23. The maximum absolute atomic E-state index is 9.62. The molecule has 3 aromatic rings. The van der Waals surface area contributed by atoms with Crippen LogP contribution in [-0.2, 0) is 6.61 Å². The summed E-state index contributed by atoms with van der Waals surface area (Å²) in [4.78, 5) is 0. The minimum Gasteiger partial charge on any atom is -0.497 e. The molecule has 0 saturated carbocycles. The van der Waals surface area contributed by atoms with Gasteiger partial charge in [-0.15, -0.1) is 0 Å². The van der Waals surface area contributed by atoms with Crippen LogP contribution in [0.4, 0.5) is 0 Å². The van der Waals surface area contributed by atoms with E-state index in [0.717, 1.165) is 26.0 Å². The number of allylic oxidation sites excluding steroid dienone is 1. The molecule has 0 N–H and O–H groups in total. The fourth-order valence-electron chi connectivity index (χ4n) is 2.81. The number of ether oxygens (including phenoxy) is 3. The van der Waals surface area contributed by atoms with E-state index in [0.29, 0.717) is 23.7 Å². The number of hydrogen-bond acceptors (Lipinski definition) is 4. The van der Waals surface area contributed by atoms with E-state index in [1.54, 1.807) is 14.2 Å². The molecule has 5 heteroatoms. The molecule has 0 saturated heterocycles. The monoisotopic (exact) mass is 497 g/mol. The van der Waals surface area contributed by atoms with Gasteiger partial charge < -0.3 is 14.2 Å². The van der Waals surface area contributed by atoms with Gasteiger partial charge in [-0.3, -0.25) is 0 Å². The highest BCUT2D eigenvalue weighted by Crippen LogP contribution is 2.35. The van der Waals surface area contributed by atoms with E-state index >= 15 is 0 Å². The summed E-state index contributed by atoms with van der Waals surface area (Å²) in [6, 6.07) is 23.5. The van der Waals surface area contributed by atoms with Gasteiger partial charge in [-0.1, -0.05) is 30.3 Å². The number of hydrogen-bond donors (Lipinski definition) is 0. The molecule has 29 heavy (non-hydrogen) atoms. The van der Waals surface area contributed by atoms with E-state index in [-0.39, 0.29) is 0 Å². The van der Waals surface area contributed by atoms with Crippen LogP contribution >= 0.6 is 22.6 Å². The van der Waals surface area contributed by atoms with E-state index in [1.165, 1.54) is 0 Å². The second kappa shape index (κ2) is 9.99. The molecule has 0 bridgehead atoms. The van der Waals surface area contributed by atoms with Crippen molar-refractivity contribution in [3.8, 4) is 23.3 Å². The quantitative estimate of drug-likeness (QED) is 0.230. The van der Waals surface area contributed by atoms with Crippen molar-refractivity contribution in [1.82, 2.24) is 0 Å². The van der Waals surface area contributed by atoms with Gasteiger partial charge in [-0.05, 0) is 81.8 Å². The Morgan fingerprint density at radius 2 is 1.72 bits per heavy atom. The first-order chi connectivity index (χ1) is 14.1. The highest BCUT2D eigenvalue weighted by Gasteiger charge is 2.12. The maximum Gasteiger partial charge on any atom is 0.174 e. The predicted octanol–water partition coefficient (Wildman–Crippen LogP) is 5.95. The predicted molar refractivity (Wildman–Crippen MR) is 123 cm³/mol. The standard InChI is InChI=1S/C24H20INO3/c1-27-21-10-8-19(9-11-21)20(15-26)12-18-13-22(25)24(23(14-18)28-2)29-16-17-6-4-3-5-7-17/h3-14H,16H2,1-2H3/b20-12+. The molecule has 0 unspecified atom stereocenters. The summed E-state index contributed by atoms with van der Waals surface area (Å²) in [6.45, 7) is 0.456. The molecule has 3 aromatic carbocycles. The molecule has 0 amide bonds. The zero-order valence-electron chi connectivity index (χ0n) is 16.2. The van der Waals surface area contributed by atoms with Gasteiger partial charge in [0.1, 0.15) is 12.4 Å². The fraction of sp³-hybridized carbons (Fsp3) is 0.125. The molecule has 0 aliphatic carbocycles. The third kappa shape index (κ3) is 5.30. The molecule has 0 aromatic heterocycles. The Bertz CT molecular complexity index is 1040. The molecule has 0 fully saturated rings. The lowest BCUT2D eigenvalue weighted by atomic mass is 10.0. The van der Waals surface area contributed by atoms with Gasteiger partial charge in [0.05, 0.1) is 29.4 Å². The highest BCUT2D eigenvalue weighted by molar-refractivity contribution is 14.1. The number of halogens is 1. The van der Waals surface area contributed by atoms with Gasteiger partial charge in [0, 0.05) is 0 Å². The summed E-state index contributed by atoms with van der Waals surface area (Å²) >= 11 is 2.23. The number of nitrogens with zero attached hydrogens (tertiary/aromatic N) is 1. The van der Waals surface area contributed by atoms with E-state index in [4.69, 9.17) is 14.2 Å². The van der Waals surface area contributed by atoms with Gasteiger partial charge in [-0.2, -0.15) is 5.26 Å². The molecule has 4 nitrogen and oxygen atoms in total. The summed E-state index contributed by atoms with van der Waals surface area (Å²) in [5, 5.41) is 9.62. The Labute approximate surface area is 184 Å². The number of rotatable bonds is 7. The van der Waals surface area contributed by atoms with Gasteiger partial charge in [0.25, 0.3) is 0 Å². The first-order valence-corrected chi connectivity index (χ1v) is 10.0. The second-order valence-electron chi connectivity index (χ2n) is 6.21. The van der Waals surface area contributed by atoms with E-state index < -0.39 is 0 Å². The summed E-state index contributed by atoms with van der Waals surface area (Å²) in [5.74, 6) is 2.07. The van der Waals surface area contributed by atoms with Crippen molar-refractivity contribution in [3.05, 3.63) is 87.0 Å². The van der Waals surface area contributed by atoms with Crippen molar-refractivity contribution >= 4 is 34.2 Å². The molecular weight excluding hydrogens is 477 g/mol. The smallest absolute Gasteiger partial charge is 0.174 e. The van der Waals surface area contributed by atoms with Crippen LogP contribution in [0.15, 0.2) is 66.7 Å². The Balaban J connectivity index is 1.88. The lowest BCUT2D eigenvalue weighted by molar-refractivity contribution is 0.282. The first-order valence-electron chi connectivity index (χ1n) is 8.95. The van der Waals surface area contributed by atoms with Crippen molar-refractivity contribution in [3.63, 3.8) is 0 Å². The molecule has 0 aliphatic heterocycles. The first kappa shape index (κ1) is 20.7. The summed E-state index contributed by atoms with van der Waals surface area (Å²) in [6.07, 6.45) is 1.84.